The Kier molecular flexibility index (Phi) is 15.7. The van der Waals surface area contributed by atoms with Gasteiger partial charge in [0, 0.05) is 42.6 Å². The number of piperidine rings is 1. The fourth-order valence-electron chi connectivity index (χ4n) is 6.72. The molecule has 1 aliphatic carbocycles. The van der Waals surface area contributed by atoms with E-state index in [4.69, 9.17) is 23.7 Å². The number of nitrogens with zero attached hydrogens (tertiary/aromatic N) is 3. The molecule has 2 aromatic carbocycles. The van der Waals surface area contributed by atoms with Crippen LogP contribution >= 0.6 is 11.3 Å². The van der Waals surface area contributed by atoms with Crippen LogP contribution in [0.3, 0.4) is 0 Å². The van der Waals surface area contributed by atoms with E-state index in [2.05, 4.69) is 36.6 Å². The summed E-state index contributed by atoms with van der Waals surface area (Å²) >= 11 is 1.55. The minimum atomic E-state index is -1.41. The third-order valence-electron chi connectivity index (χ3n) is 9.99. The van der Waals surface area contributed by atoms with E-state index in [1.54, 1.807) is 35.0 Å². The van der Waals surface area contributed by atoms with E-state index in [0.717, 1.165) is 33.6 Å². The number of pyridine rings is 1. The lowest BCUT2D eigenvalue weighted by atomic mass is 10.0. The van der Waals surface area contributed by atoms with Crippen LogP contribution in [0.1, 0.15) is 56.8 Å². The van der Waals surface area contributed by atoms with Crippen molar-refractivity contribution in [2.75, 3.05) is 95.1 Å². The predicted octanol–water partition coefficient (Wildman–Crippen LogP) is 3.67. The summed E-state index contributed by atoms with van der Waals surface area (Å²) in [6.45, 7) is 2.78. The molecule has 2 aromatic heterocycles. The zero-order chi connectivity index (χ0) is 43.3. The van der Waals surface area contributed by atoms with Crippen LogP contribution in [-0.4, -0.2) is 142 Å². The second-order valence-corrected chi connectivity index (χ2v) is 15.5. The number of hydrogen-bond donors (Lipinski definition) is 5. The molecule has 330 valence electrons. The maximum absolute atomic E-state index is 14.6. The molecule has 5 N–H and O–H groups in total. The maximum atomic E-state index is 14.6. The lowest BCUT2D eigenvalue weighted by Crippen LogP contribution is -2.54. The van der Waals surface area contributed by atoms with Crippen molar-refractivity contribution in [3.05, 3.63) is 70.9 Å². The molecule has 0 spiro atoms. The number of rotatable bonds is 26. The number of carbonyl (C=O) groups is 5. The Hall–Kier alpha value is -5.64. The fourth-order valence-corrected chi connectivity index (χ4v) is 7.44. The molecular formula is C42H49FN8O10S. The van der Waals surface area contributed by atoms with Gasteiger partial charge in [0.1, 0.15) is 18.0 Å². The zero-order valence-electron chi connectivity index (χ0n) is 34.0. The van der Waals surface area contributed by atoms with Crippen LogP contribution in [0.5, 0.6) is 0 Å². The Morgan fingerprint density at radius 1 is 0.855 bits per heavy atom. The summed E-state index contributed by atoms with van der Waals surface area (Å²) in [5.41, 5.74) is 5.40. The number of carbonyl (C=O) groups excluding carboxylic acids is 5. The molecule has 18 nitrogen and oxygen atoms in total. The molecule has 2 aliphatic heterocycles. The number of fused-ring (bicyclic) bond motifs is 2. The van der Waals surface area contributed by atoms with Crippen molar-refractivity contribution in [3.63, 3.8) is 0 Å². The average Bonchev–Trinajstić information content (AvgIpc) is 3.89. The van der Waals surface area contributed by atoms with Crippen LogP contribution in [-0.2, 0) is 33.3 Å². The highest BCUT2D eigenvalue weighted by molar-refractivity contribution is 7.16. The van der Waals surface area contributed by atoms with Crippen molar-refractivity contribution in [3.8, 4) is 0 Å². The van der Waals surface area contributed by atoms with Crippen LogP contribution in [0.15, 0.2) is 54.2 Å². The topological polar surface area (TPSA) is 221 Å². The van der Waals surface area contributed by atoms with E-state index in [9.17, 15) is 28.4 Å². The number of alkyl halides is 1. The van der Waals surface area contributed by atoms with Crippen LogP contribution < -0.4 is 26.6 Å². The number of aromatic nitrogens is 2. The van der Waals surface area contributed by atoms with E-state index in [1.165, 1.54) is 12.3 Å². The molecule has 0 bridgehead atoms. The van der Waals surface area contributed by atoms with Gasteiger partial charge in [0.15, 0.2) is 0 Å². The summed E-state index contributed by atoms with van der Waals surface area (Å²) in [6, 6.07) is 11.8. The quantitative estimate of drug-likeness (QED) is 0.0449. The van der Waals surface area contributed by atoms with Gasteiger partial charge in [-0.1, -0.05) is 6.07 Å². The van der Waals surface area contributed by atoms with Gasteiger partial charge in [-0.25, -0.2) is 14.4 Å². The van der Waals surface area contributed by atoms with Crippen LogP contribution in [0.25, 0.3) is 10.2 Å². The summed E-state index contributed by atoms with van der Waals surface area (Å²) in [6.07, 6.45) is 2.25. The molecule has 3 aliphatic rings. The van der Waals surface area contributed by atoms with Crippen molar-refractivity contribution >= 4 is 74.0 Å². The standard InChI is InChI=1S/C42H49FN8O10S/c43-26(22-46-39(53)30-23-45-36(21-33(30)48-27-4-5-27)49-28-6-7-31-35(20-28)62-25-47-31)24-61-19-18-60-17-16-59-15-14-58-13-12-57-11-10-44-32-3-1-2-29-38(32)42(56)51(41(29)55)34-8-9-37(52)50-40(34)54/h1-3,6-7,20-21,23,25-27,34,44H,4-5,8-19,22,24H2,(H,46,53)(H2,45,48,49)(H,50,52,54). The number of benzene rings is 2. The highest BCUT2D eigenvalue weighted by Gasteiger charge is 2.45. The number of amides is 5. The van der Waals surface area contributed by atoms with Gasteiger partial charge in [0.2, 0.25) is 11.8 Å². The Labute approximate surface area is 360 Å². The number of ether oxygens (including phenoxy) is 5. The minimum Gasteiger partial charge on any atom is -0.382 e. The van der Waals surface area contributed by atoms with Crippen molar-refractivity contribution in [1.29, 1.82) is 0 Å². The van der Waals surface area contributed by atoms with Crippen molar-refractivity contribution in [2.45, 2.75) is 43.9 Å². The first-order valence-corrected chi connectivity index (χ1v) is 21.4. The van der Waals surface area contributed by atoms with E-state index in [-0.39, 0.29) is 56.4 Å². The van der Waals surface area contributed by atoms with Gasteiger partial charge in [-0.15, -0.1) is 11.3 Å². The van der Waals surface area contributed by atoms with Gasteiger partial charge in [-0.2, -0.15) is 0 Å². The summed E-state index contributed by atoms with van der Waals surface area (Å²) in [4.78, 5) is 72.7. The number of nitrogens with one attached hydrogen (secondary N) is 5. The van der Waals surface area contributed by atoms with Crippen LogP contribution in [0.2, 0.25) is 0 Å². The molecule has 7 rings (SSSR count). The van der Waals surface area contributed by atoms with Gasteiger partial charge in [0.25, 0.3) is 17.7 Å². The zero-order valence-corrected chi connectivity index (χ0v) is 34.8. The minimum absolute atomic E-state index is 0.0518. The summed E-state index contributed by atoms with van der Waals surface area (Å²) < 4.78 is 43.1. The van der Waals surface area contributed by atoms with E-state index >= 15 is 0 Å². The predicted molar refractivity (Wildman–Crippen MR) is 227 cm³/mol. The normalized spacial score (nSPS) is 16.7. The SMILES string of the molecule is O=C1CCC(N2C(=O)c3cccc(NCCOCCOCCOCCOCCOCC(F)CNC(=O)c4cnc(Nc5ccc6ncsc6c5)cc4NC4CC4)c3C2=O)C(=O)N1. The molecule has 5 amide bonds. The Morgan fingerprint density at radius 2 is 1.58 bits per heavy atom. The monoisotopic (exact) mass is 876 g/mol. The smallest absolute Gasteiger partial charge is 0.264 e. The van der Waals surface area contributed by atoms with E-state index < -0.39 is 41.7 Å². The highest BCUT2D eigenvalue weighted by Crippen LogP contribution is 2.33. The summed E-state index contributed by atoms with van der Waals surface area (Å²) in [5, 5.41) is 14.6. The third kappa shape index (κ3) is 12.0. The van der Waals surface area contributed by atoms with Crippen molar-refractivity contribution in [2.24, 2.45) is 0 Å². The summed E-state index contributed by atoms with van der Waals surface area (Å²) in [5.74, 6) is -2.07. The van der Waals surface area contributed by atoms with Gasteiger partial charge in [-0.05, 0) is 49.6 Å². The van der Waals surface area contributed by atoms with Gasteiger partial charge >= 0.3 is 0 Å². The molecule has 2 unspecified atom stereocenters. The van der Waals surface area contributed by atoms with Crippen LogP contribution in [0.4, 0.5) is 27.3 Å². The highest BCUT2D eigenvalue weighted by atomic mass is 32.1. The molecule has 1 saturated carbocycles. The van der Waals surface area contributed by atoms with Crippen LogP contribution in [0, 0.1) is 0 Å². The first kappa shape index (κ1) is 44.4. The Bertz CT molecular complexity index is 2220. The molecule has 4 aromatic rings. The van der Waals surface area contributed by atoms with E-state index in [0.29, 0.717) is 75.5 Å². The van der Waals surface area contributed by atoms with Gasteiger partial charge < -0.3 is 45.0 Å². The van der Waals surface area contributed by atoms with Crippen molar-refractivity contribution in [1.82, 2.24) is 25.5 Å². The molecular weight excluding hydrogens is 828 g/mol. The van der Waals surface area contributed by atoms with Gasteiger partial charge in [-0.3, -0.25) is 34.2 Å². The fraction of sp³-hybridized carbons (Fsp3) is 0.452. The number of halogens is 1. The second-order valence-electron chi connectivity index (χ2n) is 14.6. The Balaban J connectivity index is 0.676. The Morgan fingerprint density at radius 3 is 2.31 bits per heavy atom. The molecule has 2 fully saturated rings. The number of anilines is 4. The number of thiazole rings is 1. The van der Waals surface area contributed by atoms with E-state index in [1.807, 2.05) is 18.2 Å². The molecule has 0 radical (unpaired) electrons. The molecule has 20 heteroatoms. The maximum Gasteiger partial charge on any atom is 0.264 e. The molecule has 62 heavy (non-hydrogen) atoms. The lowest BCUT2D eigenvalue weighted by molar-refractivity contribution is -0.136. The first-order valence-electron chi connectivity index (χ1n) is 20.5. The first-order chi connectivity index (χ1) is 30.2. The van der Waals surface area contributed by atoms with Crippen molar-refractivity contribution < 1.29 is 52.0 Å². The molecule has 1 saturated heterocycles. The number of hydrogen-bond acceptors (Lipinski definition) is 16. The van der Waals surface area contributed by atoms with Gasteiger partial charge in [0.05, 0.1) is 111 Å². The largest absolute Gasteiger partial charge is 0.382 e. The molecule has 4 heterocycles. The number of imide groups is 2. The average molecular weight is 877 g/mol. The lowest BCUT2D eigenvalue weighted by Gasteiger charge is -2.27. The second kappa shape index (κ2) is 21.9. The summed E-state index contributed by atoms with van der Waals surface area (Å²) in [7, 11) is 0. The molecule has 2 atom stereocenters. The third-order valence-corrected chi connectivity index (χ3v) is 10.8.